The molecule has 0 saturated heterocycles. The Bertz CT molecular complexity index is 430. The minimum absolute atomic E-state index is 0.0654. The number of fused-ring (bicyclic) bond motifs is 1. The maximum Gasteiger partial charge on any atom is 0.418 e. The minimum atomic E-state index is -4.76. The monoisotopic (exact) mass is 250 g/mol. The number of ether oxygens (including phenoxy) is 3. The van der Waals surface area contributed by atoms with E-state index >= 15 is 0 Å². The topological polar surface area (TPSA) is 47.9 Å². The van der Waals surface area contributed by atoms with E-state index in [4.69, 9.17) is 14.2 Å². The first kappa shape index (κ1) is 11.8. The number of hydrogen-bond acceptors (Lipinski definition) is 4. The molecule has 1 aliphatic heterocycles. The zero-order valence-electron chi connectivity index (χ0n) is 8.75. The molecular formula is C10H9F3O4. The Kier molecular flexibility index (Phi) is 2.78. The van der Waals surface area contributed by atoms with Crippen molar-refractivity contribution in [3.63, 3.8) is 0 Å². The van der Waals surface area contributed by atoms with Gasteiger partial charge in [-0.25, -0.2) is 0 Å². The van der Waals surface area contributed by atoms with Crippen LogP contribution in [-0.4, -0.2) is 25.2 Å². The normalized spacial score (nSPS) is 15.8. The molecule has 0 radical (unpaired) electrons. The molecule has 0 aliphatic carbocycles. The summed E-state index contributed by atoms with van der Waals surface area (Å²) in [7, 11) is 1.21. The number of benzene rings is 1. The molecule has 0 bridgehead atoms. The Hall–Kier alpha value is -1.63. The Balaban J connectivity index is 2.46. The van der Waals surface area contributed by atoms with Gasteiger partial charge < -0.3 is 19.3 Å². The highest BCUT2D eigenvalue weighted by Gasteiger charge is 2.41. The molecule has 1 aromatic carbocycles. The molecule has 7 heteroatoms. The van der Waals surface area contributed by atoms with Crippen molar-refractivity contribution < 1.29 is 32.5 Å². The van der Waals surface area contributed by atoms with Crippen molar-refractivity contribution in [3.05, 3.63) is 17.7 Å². The van der Waals surface area contributed by atoms with Crippen LogP contribution in [-0.2, 0) is 0 Å². The van der Waals surface area contributed by atoms with E-state index < -0.39 is 17.8 Å². The van der Waals surface area contributed by atoms with E-state index in [2.05, 4.69) is 0 Å². The zero-order valence-corrected chi connectivity index (χ0v) is 8.75. The molecule has 1 aromatic rings. The third kappa shape index (κ3) is 2.10. The van der Waals surface area contributed by atoms with Crippen molar-refractivity contribution in [1.29, 1.82) is 0 Å². The molecule has 1 atom stereocenters. The standard InChI is InChI=1S/C10H9F3O4/c1-15-6-3-8-7(16-4-17-8)2-5(6)9(14)10(11,12)13/h2-3,9,14H,4H2,1H3. The van der Waals surface area contributed by atoms with Crippen LogP contribution in [0.1, 0.15) is 11.7 Å². The van der Waals surface area contributed by atoms with Gasteiger partial charge in [0.15, 0.2) is 17.6 Å². The summed E-state index contributed by atoms with van der Waals surface area (Å²) in [5, 5.41) is 9.20. The summed E-state index contributed by atoms with van der Waals surface area (Å²) in [4.78, 5) is 0. The third-order valence-electron chi connectivity index (χ3n) is 2.33. The number of aliphatic hydroxyl groups excluding tert-OH is 1. The van der Waals surface area contributed by atoms with Crippen LogP contribution in [0.5, 0.6) is 17.2 Å². The first-order valence-electron chi connectivity index (χ1n) is 4.66. The van der Waals surface area contributed by atoms with Crippen LogP contribution in [0.4, 0.5) is 13.2 Å². The molecule has 4 nitrogen and oxygen atoms in total. The van der Waals surface area contributed by atoms with E-state index in [0.717, 1.165) is 6.07 Å². The molecule has 0 fully saturated rings. The van der Waals surface area contributed by atoms with Gasteiger partial charge in [-0.1, -0.05) is 0 Å². The fraction of sp³-hybridized carbons (Fsp3) is 0.400. The Labute approximate surface area is 94.5 Å². The van der Waals surface area contributed by atoms with Crippen LogP contribution in [0.15, 0.2) is 12.1 Å². The molecule has 1 N–H and O–H groups in total. The van der Waals surface area contributed by atoms with Gasteiger partial charge in [-0.3, -0.25) is 0 Å². The fourth-order valence-electron chi connectivity index (χ4n) is 1.51. The fourth-order valence-corrected chi connectivity index (χ4v) is 1.51. The van der Waals surface area contributed by atoms with Crippen LogP contribution < -0.4 is 14.2 Å². The lowest BCUT2D eigenvalue weighted by Gasteiger charge is -2.17. The molecule has 1 aliphatic rings. The maximum absolute atomic E-state index is 12.4. The second kappa shape index (κ2) is 3.99. The Morgan fingerprint density at radius 1 is 1.29 bits per heavy atom. The Morgan fingerprint density at radius 3 is 2.41 bits per heavy atom. The second-order valence-electron chi connectivity index (χ2n) is 3.39. The lowest BCUT2D eigenvalue weighted by atomic mass is 10.1. The molecule has 94 valence electrons. The van der Waals surface area contributed by atoms with Crippen molar-refractivity contribution in [2.75, 3.05) is 13.9 Å². The average Bonchev–Trinajstić information content (AvgIpc) is 2.71. The van der Waals surface area contributed by atoms with Crippen LogP contribution >= 0.6 is 0 Å². The van der Waals surface area contributed by atoms with Gasteiger partial charge in [-0.2, -0.15) is 13.2 Å². The zero-order chi connectivity index (χ0) is 12.6. The second-order valence-corrected chi connectivity index (χ2v) is 3.39. The summed E-state index contributed by atoms with van der Waals surface area (Å²) in [6.07, 6.45) is -7.38. The van der Waals surface area contributed by atoms with E-state index in [0.29, 0.717) is 5.75 Å². The van der Waals surface area contributed by atoms with Crippen molar-refractivity contribution in [2.24, 2.45) is 0 Å². The predicted molar refractivity (Wildman–Crippen MR) is 50.1 cm³/mol. The van der Waals surface area contributed by atoms with E-state index in [1.54, 1.807) is 0 Å². The van der Waals surface area contributed by atoms with Crippen molar-refractivity contribution in [3.8, 4) is 17.2 Å². The summed E-state index contributed by atoms with van der Waals surface area (Å²) in [5.41, 5.74) is -0.399. The maximum atomic E-state index is 12.4. The van der Waals surface area contributed by atoms with Gasteiger partial charge in [0.25, 0.3) is 0 Å². The number of hydrogen-bond donors (Lipinski definition) is 1. The first-order valence-corrected chi connectivity index (χ1v) is 4.66. The SMILES string of the molecule is COc1cc2c(cc1C(O)C(F)(F)F)OCO2. The molecule has 0 aromatic heterocycles. The molecule has 0 amide bonds. The molecule has 1 unspecified atom stereocenters. The lowest BCUT2D eigenvalue weighted by molar-refractivity contribution is -0.207. The lowest BCUT2D eigenvalue weighted by Crippen LogP contribution is -2.20. The van der Waals surface area contributed by atoms with Gasteiger partial charge in [0, 0.05) is 11.6 Å². The number of aliphatic hydroxyl groups is 1. The molecule has 2 rings (SSSR count). The molecular weight excluding hydrogens is 241 g/mol. The molecule has 0 saturated carbocycles. The average molecular weight is 250 g/mol. The summed E-state index contributed by atoms with van der Waals surface area (Å²) in [5.74, 6) is 0.350. The smallest absolute Gasteiger partial charge is 0.418 e. The van der Waals surface area contributed by atoms with Gasteiger partial charge in [0.05, 0.1) is 7.11 Å². The number of methoxy groups -OCH3 is 1. The van der Waals surface area contributed by atoms with Crippen LogP contribution in [0.2, 0.25) is 0 Å². The van der Waals surface area contributed by atoms with E-state index in [1.165, 1.54) is 13.2 Å². The summed E-state index contributed by atoms with van der Waals surface area (Å²) >= 11 is 0. The highest BCUT2D eigenvalue weighted by molar-refractivity contribution is 5.52. The number of rotatable bonds is 2. The molecule has 17 heavy (non-hydrogen) atoms. The van der Waals surface area contributed by atoms with Gasteiger partial charge in [-0.05, 0) is 6.07 Å². The highest BCUT2D eigenvalue weighted by Crippen LogP contribution is 2.44. The van der Waals surface area contributed by atoms with Gasteiger partial charge in [0.2, 0.25) is 6.79 Å². The first-order chi connectivity index (χ1) is 7.93. The van der Waals surface area contributed by atoms with Crippen molar-refractivity contribution in [1.82, 2.24) is 0 Å². The molecule has 1 heterocycles. The van der Waals surface area contributed by atoms with E-state index in [1.807, 2.05) is 0 Å². The van der Waals surface area contributed by atoms with E-state index in [-0.39, 0.29) is 18.3 Å². The largest absolute Gasteiger partial charge is 0.496 e. The summed E-state index contributed by atoms with van der Waals surface area (Å²) < 4.78 is 52.0. The van der Waals surface area contributed by atoms with Crippen LogP contribution in [0.25, 0.3) is 0 Å². The van der Waals surface area contributed by atoms with Crippen LogP contribution in [0, 0.1) is 0 Å². The Morgan fingerprint density at radius 2 is 1.88 bits per heavy atom. The quantitative estimate of drug-likeness (QED) is 0.872. The summed E-state index contributed by atoms with van der Waals surface area (Å²) in [6, 6.07) is 2.33. The van der Waals surface area contributed by atoms with Gasteiger partial charge in [0.1, 0.15) is 5.75 Å². The third-order valence-corrected chi connectivity index (χ3v) is 2.33. The molecule has 0 spiro atoms. The number of alkyl halides is 3. The van der Waals surface area contributed by atoms with Gasteiger partial charge >= 0.3 is 6.18 Å². The van der Waals surface area contributed by atoms with Crippen molar-refractivity contribution in [2.45, 2.75) is 12.3 Å². The predicted octanol–water partition coefficient (Wildman–Crippen LogP) is 2.02. The van der Waals surface area contributed by atoms with E-state index in [9.17, 15) is 18.3 Å². The number of halogens is 3. The minimum Gasteiger partial charge on any atom is -0.496 e. The van der Waals surface area contributed by atoms with Crippen molar-refractivity contribution >= 4 is 0 Å². The highest BCUT2D eigenvalue weighted by atomic mass is 19.4. The summed E-state index contributed by atoms with van der Waals surface area (Å²) in [6.45, 7) is -0.0654. The van der Waals surface area contributed by atoms with Crippen LogP contribution in [0.3, 0.4) is 0 Å². The van der Waals surface area contributed by atoms with Gasteiger partial charge in [-0.15, -0.1) is 0 Å².